The molecule has 2 nitrogen and oxygen atoms in total. The molecule has 1 aliphatic rings. The number of hydrogen-bond donors (Lipinski definition) is 0. The summed E-state index contributed by atoms with van der Waals surface area (Å²) < 4.78 is 0. The molecular weight excluding hydrogens is 97.7 g/mol. The molecule has 0 aromatic rings. The lowest BCUT2D eigenvalue weighted by atomic mass is 10.2. The zero-order valence-corrected chi connectivity index (χ0v) is 4.88. The van der Waals surface area contributed by atoms with Crippen LogP contribution in [0, 0.1) is 0 Å². The van der Waals surface area contributed by atoms with Crippen molar-refractivity contribution in [2.75, 3.05) is 26.2 Å². The lowest BCUT2D eigenvalue weighted by Crippen LogP contribution is -2.43. The van der Waals surface area contributed by atoms with Gasteiger partial charge in [-0.2, -0.15) is 0 Å². The Bertz CT molecular complexity index is 60.4. The van der Waals surface area contributed by atoms with Gasteiger partial charge in [0.2, 0.25) is 0 Å². The smallest absolute Gasteiger partial charge is 0.182 e. The zero-order chi connectivity index (χ0) is 5.98. The summed E-state index contributed by atoms with van der Waals surface area (Å²) in [5.74, 6) is 0. The minimum absolute atomic E-state index is 0.885. The van der Waals surface area contributed by atoms with Crippen LogP contribution in [0.1, 0.15) is 0 Å². The summed E-state index contributed by atoms with van der Waals surface area (Å²) in [4.78, 5) is 3.56. The van der Waals surface area contributed by atoms with Crippen LogP contribution in [0.2, 0.25) is 0 Å². The fourth-order valence-corrected chi connectivity index (χ4v) is 0.737. The molecule has 0 spiro atoms. The minimum atomic E-state index is 0.885. The molecule has 0 aliphatic carbocycles. The molecule has 1 rings (SSSR count). The van der Waals surface area contributed by atoms with E-state index in [0.29, 0.717) is 0 Å². The average Bonchev–Trinajstić information content (AvgIpc) is 1.77. The standard InChI is InChI=1S/C4H8B2N2/c5-7-1-2-8(6)4-3-7/h1-4H2. The van der Waals surface area contributed by atoms with Gasteiger partial charge in [-0.3, -0.25) is 0 Å². The molecule has 4 radical (unpaired) electrons. The van der Waals surface area contributed by atoms with Crippen LogP contribution < -0.4 is 0 Å². The Balaban J connectivity index is 2.19. The van der Waals surface area contributed by atoms with Crippen LogP contribution >= 0.6 is 0 Å². The normalized spacial score (nSPS) is 26.0. The van der Waals surface area contributed by atoms with E-state index in [1.807, 2.05) is 0 Å². The van der Waals surface area contributed by atoms with E-state index < -0.39 is 0 Å². The van der Waals surface area contributed by atoms with E-state index in [0.717, 1.165) is 26.2 Å². The van der Waals surface area contributed by atoms with E-state index in [9.17, 15) is 0 Å². The maximum absolute atomic E-state index is 5.45. The molecule has 0 aromatic heterocycles. The Morgan fingerprint density at radius 1 is 0.750 bits per heavy atom. The van der Waals surface area contributed by atoms with Gasteiger partial charge in [-0.1, -0.05) is 0 Å². The van der Waals surface area contributed by atoms with E-state index in [1.165, 1.54) is 0 Å². The van der Waals surface area contributed by atoms with Crippen molar-refractivity contribution in [3.05, 3.63) is 0 Å². The predicted octanol–water partition coefficient (Wildman–Crippen LogP) is -1.23. The molecule has 0 saturated carbocycles. The Morgan fingerprint density at radius 2 is 1.00 bits per heavy atom. The van der Waals surface area contributed by atoms with Crippen LogP contribution in [0.3, 0.4) is 0 Å². The average molecular weight is 106 g/mol. The largest absolute Gasteiger partial charge is 0.351 e. The molecule has 0 atom stereocenters. The van der Waals surface area contributed by atoms with Crippen molar-refractivity contribution in [2.45, 2.75) is 0 Å². The second kappa shape index (κ2) is 2.55. The first kappa shape index (κ1) is 6.17. The third-order valence-corrected chi connectivity index (χ3v) is 1.35. The predicted molar refractivity (Wildman–Crippen MR) is 34.7 cm³/mol. The van der Waals surface area contributed by atoms with Gasteiger partial charge < -0.3 is 9.62 Å². The van der Waals surface area contributed by atoms with Gasteiger partial charge in [-0.25, -0.2) is 0 Å². The molecule has 1 fully saturated rings. The Morgan fingerprint density at radius 3 is 1.25 bits per heavy atom. The van der Waals surface area contributed by atoms with E-state index in [1.54, 1.807) is 9.62 Å². The monoisotopic (exact) mass is 106 g/mol. The van der Waals surface area contributed by atoms with Crippen LogP contribution in [-0.4, -0.2) is 51.8 Å². The van der Waals surface area contributed by atoms with E-state index >= 15 is 0 Å². The zero-order valence-electron chi connectivity index (χ0n) is 4.88. The van der Waals surface area contributed by atoms with Crippen molar-refractivity contribution >= 4 is 16.0 Å². The maximum Gasteiger partial charge on any atom is 0.182 e. The lowest BCUT2D eigenvalue weighted by Gasteiger charge is -2.30. The molecule has 0 aromatic carbocycles. The van der Waals surface area contributed by atoms with E-state index in [2.05, 4.69) is 0 Å². The van der Waals surface area contributed by atoms with Crippen molar-refractivity contribution < 1.29 is 0 Å². The maximum atomic E-state index is 5.45. The highest BCUT2D eigenvalue weighted by molar-refractivity contribution is 6.06. The topological polar surface area (TPSA) is 6.48 Å². The highest BCUT2D eigenvalue weighted by Gasteiger charge is 2.07. The number of nitrogens with zero attached hydrogens (tertiary/aromatic N) is 2. The van der Waals surface area contributed by atoms with E-state index in [4.69, 9.17) is 16.0 Å². The third-order valence-electron chi connectivity index (χ3n) is 1.35. The van der Waals surface area contributed by atoms with Gasteiger partial charge in [-0.15, -0.1) is 0 Å². The summed E-state index contributed by atoms with van der Waals surface area (Å²) in [5.41, 5.74) is 0. The summed E-state index contributed by atoms with van der Waals surface area (Å²) in [6.45, 7) is 3.54. The van der Waals surface area contributed by atoms with E-state index in [-0.39, 0.29) is 0 Å². The molecule has 0 amide bonds. The summed E-state index contributed by atoms with van der Waals surface area (Å²) in [5, 5.41) is 0. The number of rotatable bonds is 0. The first-order chi connectivity index (χ1) is 3.79. The first-order valence-corrected chi connectivity index (χ1v) is 2.78. The molecule has 40 valence electrons. The van der Waals surface area contributed by atoms with Crippen LogP contribution in [0.25, 0.3) is 0 Å². The molecule has 1 aliphatic heterocycles. The van der Waals surface area contributed by atoms with Gasteiger partial charge in [0, 0.05) is 0 Å². The van der Waals surface area contributed by atoms with Crippen LogP contribution in [0.4, 0.5) is 0 Å². The van der Waals surface area contributed by atoms with Gasteiger partial charge in [0.1, 0.15) is 0 Å². The molecule has 0 N–H and O–H groups in total. The summed E-state index contributed by atoms with van der Waals surface area (Å²) in [6, 6.07) is 0. The Hall–Kier alpha value is 0.0499. The molecular formula is C4H8B2N2. The Labute approximate surface area is 52.7 Å². The number of piperazine rings is 1. The van der Waals surface area contributed by atoms with Crippen molar-refractivity contribution in [2.24, 2.45) is 0 Å². The quantitative estimate of drug-likeness (QED) is 0.356. The van der Waals surface area contributed by atoms with Crippen LogP contribution in [-0.2, 0) is 0 Å². The SMILES string of the molecule is [B]N1CCN([B])CC1. The van der Waals surface area contributed by atoms with Crippen molar-refractivity contribution in [1.29, 1.82) is 0 Å². The highest BCUT2D eigenvalue weighted by Crippen LogP contribution is 1.92. The molecule has 4 heteroatoms. The minimum Gasteiger partial charge on any atom is -0.351 e. The van der Waals surface area contributed by atoms with Gasteiger partial charge in [0.15, 0.2) is 16.0 Å². The summed E-state index contributed by atoms with van der Waals surface area (Å²) in [7, 11) is 10.9. The Kier molecular flexibility index (Phi) is 1.97. The second-order valence-electron chi connectivity index (χ2n) is 2.07. The summed E-state index contributed by atoms with van der Waals surface area (Å²) in [6.07, 6.45) is 0. The van der Waals surface area contributed by atoms with Crippen LogP contribution in [0.5, 0.6) is 0 Å². The van der Waals surface area contributed by atoms with Crippen molar-refractivity contribution in [3.63, 3.8) is 0 Å². The van der Waals surface area contributed by atoms with Crippen LogP contribution in [0.15, 0.2) is 0 Å². The van der Waals surface area contributed by atoms with Gasteiger partial charge in [0.25, 0.3) is 0 Å². The van der Waals surface area contributed by atoms with Gasteiger partial charge >= 0.3 is 0 Å². The molecule has 0 unspecified atom stereocenters. The molecule has 8 heavy (non-hydrogen) atoms. The number of hydrogen-bond acceptors (Lipinski definition) is 2. The third kappa shape index (κ3) is 1.53. The first-order valence-electron chi connectivity index (χ1n) is 2.78. The van der Waals surface area contributed by atoms with Crippen molar-refractivity contribution in [3.8, 4) is 0 Å². The molecule has 0 bridgehead atoms. The molecule has 1 heterocycles. The fourth-order valence-electron chi connectivity index (χ4n) is 0.737. The summed E-state index contributed by atoms with van der Waals surface area (Å²) >= 11 is 0. The fraction of sp³-hybridized carbons (Fsp3) is 1.00. The lowest BCUT2D eigenvalue weighted by molar-refractivity contribution is 0.291. The van der Waals surface area contributed by atoms with Gasteiger partial charge in [0.05, 0.1) is 0 Å². The van der Waals surface area contributed by atoms with Gasteiger partial charge in [-0.05, 0) is 26.2 Å². The van der Waals surface area contributed by atoms with Crippen molar-refractivity contribution in [1.82, 2.24) is 9.62 Å². The second-order valence-corrected chi connectivity index (χ2v) is 2.07. The molecule has 1 saturated heterocycles. The highest BCUT2D eigenvalue weighted by atomic mass is 15.2.